The molecule has 3 rings (SSSR count). The van der Waals surface area contributed by atoms with E-state index in [2.05, 4.69) is 17.2 Å². The van der Waals surface area contributed by atoms with Gasteiger partial charge in [-0.15, -0.1) is 12.4 Å². The first kappa shape index (κ1) is 13.2. The summed E-state index contributed by atoms with van der Waals surface area (Å²) in [5.41, 5.74) is 1.98. The molecule has 0 amide bonds. The van der Waals surface area contributed by atoms with Gasteiger partial charge in [0.15, 0.2) is 0 Å². The minimum absolute atomic E-state index is 0. The molecule has 1 fully saturated rings. The quantitative estimate of drug-likeness (QED) is 0.829. The van der Waals surface area contributed by atoms with E-state index in [1.165, 1.54) is 0 Å². The van der Waals surface area contributed by atoms with E-state index in [0.717, 1.165) is 30.5 Å². The Morgan fingerprint density at radius 3 is 2.89 bits per heavy atom. The van der Waals surface area contributed by atoms with Crippen LogP contribution in [0.5, 0.6) is 0 Å². The lowest BCUT2D eigenvalue weighted by atomic mass is 9.95. The van der Waals surface area contributed by atoms with Crippen LogP contribution in [-0.4, -0.2) is 22.6 Å². The van der Waals surface area contributed by atoms with Crippen molar-refractivity contribution in [3.63, 3.8) is 0 Å². The molecule has 0 unspecified atom stereocenters. The molecular weight excluding hydrogens is 250 g/mol. The SMILES string of the molecule is C[C@@H]1CNCC[C@H]1n1c(=O)[nH]c2ccccc21.Cl. The van der Waals surface area contributed by atoms with Crippen LogP contribution in [0.1, 0.15) is 19.4 Å². The topological polar surface area (TPSA) is 49.8 Å². The molecule has 1 aromatic carbocycles. The van der Waals surface area contributed by atoms with Crippen LogP contribution in [0.4, 0.5) is 0 Å². The van der Waals surface area contributed by atoms with E-state index < -0.39 is 0 Å². The van der Waals surface area contributed by atoms with Crippen molar-refractivity contribution in [2.24, 2.45) is 5.92 Å². The van der Waals surface area contributed by atoms with E-state index in [-0.39, 0.29) is 18.1 Å². The molecule has 0 bridgehead atoms. The smallest absolute Gasteiger partial charge is 0.316 e. The van der Waals surface area contributed by atoms with Crippen molar-refractivity contribution in [3.8, 4) is 0 Å². The molecule has 0 radical (unpaired) electrons. The molecule has 18 heavy (non-hydrogen) atoms. The van der Waals surface area contributed by atoms with Gasteiger partial charge in [-0.1, -0.05) is 19.1 Å². The fourth-order valence-electron chi connectivity index (χ4n) is 2.79. The molecule has 0 saturated carbocycles. The fourth-order valence-corrected chi connectivity index (χ4v) is 2.79. The first-order valence-corrected chi connectivity index (χ1v) is 6.17. The third kappa shape index (κ3) is 2.06. The van der Waals surface area contributed by atoms with Gasteiger partial charge in [0.05, 0.1) is 11.0 Å². The van der Waals surface area contributed by atoms with Gasteiger partial charge < -0.3 is 10.3 Å². The molecule has 2 atom stereocenters. The Labute approximate surface area is 112 Å². The number of aromatic amines is 1. The van der Waals surface area contributed by atoms with E-state index in [4.69, 9.17) is 0 Å². The van der Waals surface area contributed by atoms with Crippen molar-refractivity contribution < 1.29 is 0 Å². The Hall–Kier alpha value is -1.26. The third-order valence-electron chi connectivity index (χ3n) is 3.70. The van der Waals surface area contributed by atoms with Crippen molar-refractivity contribution in [2.45, 2.75) is 19.4 Å². The summed E-state index contributed by atoms with van der Waals surface area (Å²) in [5.74, 6) is 0.487. The first-order chi connectivity index (χ1) is 8.27. The molecule has 98 valence electrons. The van der Waals surface area contributed by atoms with Crippen LogP contribution in [0.3, 0.4) is 0 Å². The monoisotopic (exact) mass is 267 g/mol. The van der Waals surface area contributed by atoms with Gasteiger partial charge in [0.1, 0.15) is 0 Å². The molecule has 1 aliphatic heterocycles. The van der Waals surface area contributed by atoms with E-state index in [0.29, 0.717) is 12.0 Å². The molecule has 2 heterocycles. The second-order valence-electron chi connectivity index (χ2n) is 4.85. The summed E-state index contributed by atoms with van der Waals surface area (Å²) in [5, 5.41) is 3.37. The minimum atomic E-state index is 0. The largest absolute Gasteiger partial charge is 0.326 e. The summed E-state index contributed by atoms with van der Waals surface area (Å²) in [7, 11) is 0. The van der Waals surface area contributed by atoms with Gasteiger partial charge in [-0.2, -0.15) is 0 Å². The number of para-hydroxylation sites is 2. The van der Waals surface area contributed by atoms with Crippen molar-refractivity contribution in [2.75, 3.05) is 13.1 Å². The number of halogens is 1. The van der Waals surface area contributed by atoms with Gasteiger partial charge in [-0.25, -0.2) is 4.79 Å². The lowest BCUT2D eigenvalue weighted by molar-refractivity contribution is 0.274. The van der Waals surface area contributed by atoms with Gasteiger partial charge >= 0.3 is 5.69 Å². The highest BCUT2D eigenvalue weighted by Gasteiger charge is 2.25. The van der Waals surface area contributed by atoms with E-state index in [1.54, 1.807) is 0 Å². The Kier molecular flexibility index (Phi) is 3.78. The number of imidazole rings is 1. The number of nitrogens with zero attached hydrogens (tertiary/aromatic N) is 1. The van der Waals surface area contributed by atoms with Gasteiger partial charge in [0.25, 0.3) is 0 Å². The average Bonchev–Trinajstić information content (AvgIpc) is 2.66. The number of hydrogen-bond acceptors (Lipinski definition) is 2. The van der Waals surface area contributed by atoms with Gasteiger partial charge in [-0.3, -0.25) is 4.57 Å². The number of fused-ring (bicyclic) bond motifs is 1. The summed E-state index contributed by atoms with van der Waals surface area (Å²) < 4.78 is 1.93. The van der Waals surface area contributed by atoms with Crippen molar-refractivity contribution in [3.05, 3.63) is 34.7 Å². The molecule has 1 aromatic heterocycles. The van der Waals surface area contributed by atoms with Crippen molar-refractivity contribution in [1.29, 1.82) is 0 Å². The highest BCUT2D eigenvalue weighted by Crippen LogP contribution is 2.26. The number of piperidine rings is 1. The lowest BCUT2D eigenvalue weighted by Gasteiger charge is -2.30. The highest BCUT2D eigenvalue weighted by atomic mass is 35.5. The zero-order valence-electron chi connectivity index (χ0n) is 10.3. The van der Waals surface area contributed by atoms with Crippen LogP contribution in [-0.2, 0) is 0 Å². The minimum Gasteiger partial charge on any atom is -0.316 e. The molecule has 5 heteroatoms. The molecule has 1 aliphatic rings. The molecular formula is C13H18ClN3O. The second-order valence-corrected chi connectivity index (χ2v) is 4.85. The summed E-state index contributed by atoms with van der Waals surface area (Å²) in [6, 6.07) is 8.22. The molecule has 4 nitrogen and oxygen atoms in total. The van der Waals surface area contributed by atoms with E-state index in [1.807, 2.05) is 28.8 Å². The van der Waals surface area contributed by atoms with E-state index in [9.17, 15) is 4.79 Å². The number of H-pyrrole nitrogens is 1. The highest BCUT2D eigenvalue weighted by molar-refractivity contribution is 5.85. The summed E-state index contributed by atoms with van der Waals surface area (Å²) in [6.07, 6.45) is 1.02. The van der Waals surface area contributed by atoms with Gasteiger partial charge in [0, 0.05) is 6.04 Å². The van der Waals surface area contributed by atoms with Crippen LogP contribution in [0.15, 0.2) is 29.1 Å². The number of nitrogens with one attached hydrogen (secondary N) is 2. The molecule has 2 N–H and O–H groups in total. The molecule has 0 spiro atoms. The Morgan fingerprint density at radius 1 is 1.33 bits per heavy atom. The number of hydrogen-bond donors (Lipinski definition) is 2. The van der Waals surface area contributed by atoms with Crippen LogP contribution in [0, 0.1) is 5.92 Å². The van der Waals surface area contributed by atoms with Crippen LogP contribution in [0.25, 0.3) is 11.0 Å². The maximum Gasteiger partial charge on any atom is 0.326 e. The van der Waals surface area contributed by atoms with Gasteiger partial charge in [0.2, 0.25) is 0 Å². The number of aromatic nitrogens is 2. The lowest BCUT2D eigenvalue weighted by Crippen LogP contribution is -2.39. The standard InChI is InChI=1S/C13H17N3O.ClH/c1-9-8-14-7-6-11(9)16-12-5-3-2-4-10(12)15-13(16)17;/h2-5,9,11,14H,6-8H2,1H3,(H,15,17);1H/t9-,11-;/m1./s1. The third-order valence-corrected chi connectivity index (χ3v) is 3.70. The fraction of sp³-hybridized carbons (Fsp3) is 0.462. The maximum atomic E-state index is 12.1. The van der Waals surface area contributed by atoms with Crippen LogP contribution in [0.2, 0.25) is 0 Å². The molecule has 2 aromatic rings. The van der Waals surface area contributed by atoms with E-state index >= 15 is 0 Å². The Morgan fingerprint density at radius 2 is 2.11 bits per heavy atom. The van der Waals surface area contributed by atoms with Crippen LogP contribution < -0.4 is 11.0 Å². The predicted molar refractivity (Wildman–Crippen MR) is 75.5 cm³/mol. The second kappa shape index (κ2) is 5.16. The normalized spacial score (nSPS) is 23.8. The summed E-state index contributed by atoms with van der Waals surface area (Å²) in [4.78, 5) is 15.0. The van der Waals surface area contributed by atoms with Crippen molar-refractivity contribution in [1.82, 2.24) is 14.9 Å². The predicted octanol–water partition coefficient (Wildman–Crippen LogP) is 1.92. The summed E-state index contributed by atoms with van der Waals surface area (Å²) in [6.45, 7) is 4.17. The Balaban J connectivity index is 0.00000120. The maximum absolute atomic E-state index is 12.1. The number of rotatable bonds is 1. The van der Waals surface area contributed by atoms with Crippen molar-refractivity contribution >= 4 is 23.4 Å². The average molecular weight is 268 g/mol. The summed E-state index contributed by atoms with van der Waals surface area (Å²) >= 11 is 0. The van der Waals surface area contributed by atoms with Crippen LogP contribution >= 0.6 is 12.4 Å². The Bertz CT molecular complexity index is 589. The number of benzene rings is 1. The zero-order valence-corrected chi connectivity index (χ0v) is 11.2. The van der Waals surface area contributed by atoms with Gasteiger partial charge in [-0.05, 0) is 37.6 Å². The zero-order chi connectivity index (χ0) is 11.8. The molecule has 1 saturated heterocycles. The first-order valence-electron chi connectivity index (χ1n) is 6.17. The molecule has 0 aliphatic carbocycles.